The van der Waals surface area contributed by atoms with Gasteiger partial charge in [-0.25, -0.2) is 19.5 Å². The Morgan fingerprint density at radius 2 is 1.76 bits per heavy atom. The van der Waals surface area contributed by atoms with E-state index in [1.807, 2.05) is 29.9 Å². The Bertz CT molecular complexity index is 907. The van der Waals surface area contributed by atoms with Crippen molar-refractivity contribution in [2.75, 3.05) is 36.0 Å². The molecule has 0 radical (unpaired) electrons. The van der Waals surface area contributed by atoms with E-state index in [4.69, 9.17) is 5.10 Å². The molecular formula is C18H21N7. The molecule has 1 aliphatic carbocycles. The summed E-state index contributed by atoms with van der Waals surface area (Å²) in [5.74, 6) is 2.71. The molecule has 0 aromatic carbocycles. The van der Waals surface area contributed by atoms with Gasteiger partial charge in [-0.2, -0.15) is 5.10 Å². The molecule has 25 heavy (non-hydrogen) atoms. The van der Waals surface area contributed by atoms with Gasteiger partial charge in [0.05, 0.1) is 5.69 Å². The summed E-state index contributed by atoms with van der Waals surface area (Å²) in [6, 6.07) is 4.27. The van der Waals surface area contributed by atoms with Crippen molar-refractivity contribution < 1.29 is 0 Å². The standard InChI is InChI=1S/C18H21N7/c1-13-10-17(21-12-20-13)23-6-8-24(9-7-23)18-16-11-15(14-2-3-14)22-25(16)5-4-19-18/h4-5,10-12,14H,2-3,6-9H2,1H3. The summed E-state index contributed by atoms with van der Waals surface area (Å²) in [7, 11) is 0. The molecule has 1 saturated heterocycles. The van der Waals surface area contributed by atoms with E-state index in [0.29, 0.717) is 5.92 Å². The third-order valence-corrected chi connectivity index (χ3v) is 5.08. The van der Waals surface area contributed by atoms with Gasteiger partial charge in [-0.3, -0.25) is 0 Å². The highest BCUT2D eigenvalue weighted by atomic mass is 15.3. The number of hydrogen-bond donors (Lipinski definition) is 0. The Morgan fingerprint density at radius 1 is 0.960 bits per heavy atom. The van der Waals surface area contributed by atoms with Gasteiger partial charge < -0.3 is 9.80 Å². The molecule has 0 amide bonds. The van der Waals surface area contributed by atoms with E-state index in [-0.39, 0.29) is 0 Å². The summed E-state index contributed by atoms with van der Waals surface area (Å²) in [4.78, 5) is 17.9. The quantitative estimate of drug-likeness (QED) is 0.730. The molecule has 7 nitrogen and oxygen atoms in total. The van der Waals surface area contributed by atoms with Gasteiger partial charge in [0.1, 0.15) is 17.7 Å². The molecule has 4 heterocycles. The average molecular weight is 335 g/mol. The van der Waals surface area contributed by atoms with Crippen LogP contribution < -0.4 is 9.80 Å². The SMILES string of the molecule is Cc1cc(N2CCN(c3nccn4nc(C5CC5)cc34)CC2)ncn1. The summed E-state index contributed by atoms with van der Waals surface area (Å²) in [5, 5.41) is 4.73. The van der Waals surface area contributed by atoms with Gasteiger partial charge in [-0.05, 0) is 25.8 Å². The van der Waals surface area contributed by atoms with Crippen molar-refractivity contribution in [1.82, 2.24) is 24.6 Å². The molecule has 0 spiro atoms. The Kier molecular flexibility index (Phi) is 3.33. The van der Waals surface area contributed by atoms with Crippen LogP contribution in [0.5, 0.6) is 0 Å². The van der Waals surface area contributed by atoms with Gasteiger partial charge >= 0.3 is 0 Å². The molecule has 2 fully saturated rings. The number of aryl methyl sites for hydroxylation is 1. The summed E-state index contributed by atoms with van der Waals surface area (Å²) in [5.41, 5.74) is 3.34. The molecular weight excluding hydrogens is 314 g/mol. The lowest BCUT2D eigenvalue weighted by molar-refractivity contribution is 0.640. The number of nitrogens with zero attached hydrogens (tertiary/aromatic N) is 7. The first-order chi connectivity index (χ1) is 12.3. The van der Waals surface area contributed by atoms with Crippen LogP contribution in [0.25, 0.3) is 5.52 Å². The molecule has 7 heteroatoms. The zero-order valence-electron chi connectivity index (χ0n) is 14.3. The van der Waals surface area contributed by atoms with E-state index >= 15 is 0 Å². The normalized spacial score (nSPS) is 18.1. The van der Waals surface area contributed by atoms with Crippen LogP contribution in [0.4, 0.5) is 11.6 Å². The molecule has 3 aromatic rings. The molecule has 0 unspecified atom stereocenters. The fraction of sp³-hybridized carbons (Fsp3) is 0.444. The van der Waals surface area contributed by atoms with Crippen molar-refractivity contribution in [2.24, 2.45) is 0 Å². The van der Waals surface area contributed by atoms with Crippen LogP contribution in [-0.4, -0.2) is 50.7 Å². The van der Waals surface area contributed by atoms with Crippen molar-refractivity contribution in [3.63, 3.8) is 0 Å². The Morgan fingerprint density at radius 3 is 2.52 bits per heavy atom. The second kappa shape index (κ2) is 5.68. The lowest BCUT2D eigenvalue weighted by Crippen LogP contribution is -2.47. The van der Waals surface area contributed by atoms with Gasteiger partial charge in [0.2, 0.25) is 0 Å². The van der Waals surface area contributed by atoms with E-state index in [2.05, 4.69) is 30.8 Å². The van der Waals surface area contributed by atoms with E-state index in [1.165, 1.54) is 18.5 Å². The molecule has 0 N–H and O–H groups in total. The van der Waals surface area contributed by atoms with Gasteiger partial charge in [-0.1, -0.05) is 0 Å². The van der Waals surface area contributed by atoms with Crippen LogP contribution >= 0.6 is 0 Å². The van der Waals surface area contributed by atoms with Crippen LogP contribution in [0.15, 0.2) is 30.9 Å². The van der Waals surface area contributed by atoms with Crippen molar-refractivity contribution in [3.05, 3.63) is 42.2 Å². The number of hydrogen-bond acceptors (Lipinski definition) is 6. The Hall–Kier alpha value is -2.70. The number of anilines is 2. The largest absolute Gasteiger partial charge is 0.353 e. The van der Waals surface area contributed by atoms with Crippen LogP contribution in [0.3, 0.4) is 0 Å². The average Bonchev–Trinajstić information content (AvgIpc) is 3.40. The van der Waals surface area contributed by atoms with Gasteiger partial charge in [0.15, 0.2) is 5.82 Å². The minimum atomic E-state index is 0.658. The van der Waals surface area contributed by atoms with Gasteiger partial charge in [-0.15, -0.1) is 0 Å². The predicted octanol–water partition coefficient (Wildman–Crippen LogP) is 2.03. The topological polar surface area (TPSA) is 62.5 Å². The maximum atomic E-state index is 4.73. The number of rotatable bonds is 3. The van der Waals surface area contributed by atoms with E-state index in [0.717, 1.165) is 49.0 Å². The smallest absolute Gasteiger partial charge is 0.154 e. The van der Waals surface area contributed by atoms with Crippen molar-refractivity contribution in [3.8, 4) is 0 Å². The fourth-order valence-electron chi connectivity index (χ4n) is 3.51. The molecule has 0 atom stereocenters. The van der Waals surface area contributed by atoms with E-state index < -0.39 is 0 Å². The first-order valence-corrected chi connectivity index (χ1v) is 8.91. The zero-order valence-corrected chi connectivity index (χ0v) is 14.3. The molecule has 0 bridgehead atoms. The zero-order chi connectivity index (χ0) is 16.8. The highest BCUT2D eigenvalue weighted by Crippen LogP contribution is 2.40. The van der Waals surface area contributed by atoms with Crippen LogP contribution in [0, 0.1) is 6.92 Å². The van der Waals surface area contributed by atoms with Crippen LogP contribution in [0.2, 0.25) is 0 Å². The third-order valence-electron chi connectivity index (χ3n) is 5.08. The molecule has 1 aliphatic heterocycles. The van der Waals surface area contributed by atoms with Crippen molar-refractivity contribution in [2.45, 2.75) is 25.7 Å². The summed E-state index contributed by atoms with van der Waals surface area (Å²) in [6.45, 7) is 5.73. The summed E-state index contributed by atoms with van der Waals surface area (Å²) in [6.07, 6.45) is 7.98. The van der Waals surface area contributed by atoms with E-state index in [1.54, 1.807) is 6.33 Å². The molecule has 5 rings (SSSR count). The minimum Gasteiger partial charge on any atom is -0.353 e. The van der Waals surface area contributed by atoms with Crippen molar-refractivity contribution >= 4 is 17.2 Å². The predicted molar refractivity (Wildman–Crippen MR) is 96.2 cm³/mol. The lowest BCUT2D eigenvalue weighted by atomic mass is 10.2. The fourth-order valence-corrected chi connectivity index (χ4v) is 3.51. The lowest BCUT2D eigenvalue weighted by Gasteiger charge is -2.36. The first-order valence-electron chi connectivity index (χ1n) is 8.91. The Balaban J connectivity index is 1.37. The highest BCUT2D eigenvalue weighted by Gasteiger charge is 2.28. The van der Waals surface area contributed by atoms with Crippen LogP contribution in [-0.2, 0) is 0 Å². The number of aromatic nitrogens is 5. The Labute approximate surface area is 146 Å². The monoisotopic (exact) mass is 335 g/mol. The molecule has 2 aliphatic rings. The van der Waals surface area contributed by atoms with Gasteiger partial charge in [0, 0.05) is 56.3 Å². The second-order valence-corrected chi connectivity index (χ2v) is 6.92. The van der Waals surface area contributed by atoms with Crippen LogP contribution in [0.1, 0.15) is 30.1 Å². The molecule has 1 saturated carbocycles. The van der Waals surface area contributed by atoms with E-state index in [9.17, 15) is 0 Å². The summed E-state index contributed by atoms with van der Waals surface area (Å²) >= 11 is 0. The maximum Gasteiger partial charge on any atom is 0.154 e. The third kappa shape index (κ3) is 2.69. The first kappa shape index (κ1) is 14.6. The summed E-state index contributed by atoms with van der Waals surface area (Å²) < 4.78 is 1.98. The molecule has 128 valence electrons. The second-order valence-electron chi connectivity index (χ2n) is 6.92. The maximum absolute atomic E-state index is 4.73. The highest BCUT2D eigenvalue weighted by molar-refractivity contribution is 5.70. The van der Waals surface area contributed by atoms with Gasteiger partial charge in [0.25, 0.3) is 0 Å². The van der Waals surface area contributed by atoms with Crippen molar-refractivity contribution in [1.29, 1.82) is 0 Å². The number of fused-ring (bicyclic) bond motifs is 1. The minimum absolute atomic E-state index is 0.658. The number of piperazine rings is 1. The molecule has 3 aromatic heterocycles.